The molecule has 0 aliphatic rings. The van der Waals surface area contributed by atoms with Crippen LogP contribution in [-0.4, -0.2) is 0 Å². The van der Waals surface area contributed by atoms with Crippen LogP contribution in [0, 0.1) is 26.6 Å². The van der Waals surface area contributed by atoms with Crippen molar-refractivity contribution in [1.82, 2.24) is 0 Å². The van der Waals surface area contributed by atoms with Gasteiger partial charge in [0.25, 0.3) is 0 Å². The highest BCUT2D eigenvalue weighted by atomic mass is 19.1. The second-order valence-electron chi connectivity index (χ2n) is 5.28. The van der Waals surface area contributed by atoms with E-state index in [9.17, 15) is 4.39 Å². The molecule has 0 heterocycles. The van der Waals surface area contributed by atoms with Crippen molar-refractivity contribution >= 4 is 5.57 Å². The number of hydrogen-bond acceptors (Lipinski definition) is 0. The Kier molecular flexibility index (Phi) is 4.39. The molecule has 0 saturated carbocycles. The van der Waals surface area contributed by atoms with Crippen molar-refractivity contribution in [2.75, 3.05) is 0 Å². The number of aryl methyl sites for hydroxylation is 3. The van der Waals surface area contributed by atoms with Gasteiger partial charge in [-0.2, -0.15) is 0 Å². The standard InChI is InChI=1S/C19H21F/c1-5-6-19(16-8-7-13(2)14(3)11-16)18-10-9-17(20)12-15(18)4/h6-12H,5H2,1-4H3/b19-6-. The fourth-order valence-electron chi connectivity index (χ4n) is 2.43. The van der Waals surface area contributed by atoms with Gasteiger partial charge < -0.3 is 0 Å². The highest BCUT2D eigenvalue weighted by molar-refractivity contribution is 5.81. The van der Waals surface area contributed by atoms with Gasteiger partial charge in [-0.05, 0) is 72.7 Å². The van der Waals surface area contributed by atoms with Crippen LogP contribution < -0.4 is 0 Å². The van der Waals surface area contributed by atoms with Gasteiger partial charge in [0, 0.05) is 0 Å². The van der Waals surface area contributed by atoms with Gasteiger partial charge in [0.2, 0.25) is 0 Å². The molecule has 0 saturated heterocycles. The maximum Gasteiger partial charge on any atom is 0.123 e. The minimum Gasteiger partial charge on any atom is -0.207 e. The van der Waals surface area contributed by atoms with Gasteiger partial charge in [-0.15, -0.1) is 0 Å². The Bertz CT molecular complexity index is 651. The summed E-state index contributed by atoms with van der Waals surface area (Å²) in [5.41, 5.74) is 7.04. The Morgan fingerprint density at radius 2 is 1.70 bits per heavy atom. The zero-order valence-corrected chi connectivity index (χ0v) is 12.6. The number of benzene rings is 2. The number of halogens is 1. The quantitative estimate of drug-likeness (QED) is 0.680. The summed E-state index contributed by atoms with van der Waals surface area (Å²) in [6, 6.07) is 11.5. The first kappa shape index (κ1) is 14.5. The summed E-state index contributed by atoms with van der Waals surface area (Å²) < 4.78 is 13.3. The normalized spacial score (nSPS) is 11.8. The molecule has 0 spiro atoms. The van der Waals surface area contributed by atoms with E-state index in [2.05, 4.69) is 45.0 Å². The summed E-state index contributed by atoms with van der Waals surface area (Å²) in [7, 11) is 0. The molecule has 0 aromatic heterocycles. The molecule has 0 bridgehead atoms. The Balaban J connectivity index is 2.56. The minimum atomic E-state index is -0.179. The van der Waals surface area contributed by atoms with Crippen LogP contribution in [0.2, 0.25) is 0 Å². The molecule has 2 rings (SSSR count). The molecule has 0 unspecified atom stereocenters. The topological polar surface area (TPSA) is 0 Å². The molecule has 0 aliphatic heterocycles. The van der Waals surface area contributed by atoms with Crippen LogP contribution in [-0.2, 0) is 0 Å². The van der Waals surface area contributed by atoms with Crippen molar-refractivity contribution in [1.29, 1.82) is 0 Å². The van der Waals surface area contributed by atoms with Gasteiger partial charge in [0.15, 0.2) is 0 Å². The van der Waals surface area contributed by atoms with E-state index in [4.69, 9.17) is 0 Å². The summed E-state index contributed by atoms with van der Waals surface area (Å²) >= 11 is 0. The average Bonchev–Trinajstić information content (AvgIpc) is 2.40. The Morgan fingerprint density at radius 3 is 2.30 bits per heavy atom. The van der Waals surface area contributed by atoms with E-state index in [1.165, 1.54) is 28.3 Å². The van der Waals surface area contributed by atoms with Gasteiger partial charge in [-0.25, -0.2) is 4.39 Å². The van der Waals surface area contributed by atoms with Crippen LogP contribution in [0.4, 0.5) is 4.39 Å². The monoisotopic (exact) mass is 268 g/mol. The predicted molar refractivity (Wildman–Crippen MR) is 84.4 cm³/mol. The van der Waals surface area contributed by atoms with Gasteiger partial charge in [0.05, 0.1) is 0 Å². The highest BCUT2D eigenvalue weighted by Crippen LogP contribution is 2.28. The smallest absolute Gasteiger partial charge is 0.123 e. The van der Waals surface area contributed by atoms with E-state index < -0.39 is 0 Å². The van der Waals surface area contributed by atoms with Crippen molar-refractivity contribution < 1.29 is 4.39 Å². The predicted octanol–water partition coefficient (Wildman–Crippen LogP) is 5.59. The minimum absolute atomic E-state index is 0.179. The number of hydrogen-bond donors (Lipinski definition) is 0. The third-order valence-corrected chi connectivity index (χ3v) is 3.70. The summed E-state index contributed by atoms with van der Waals surface area (Å²) in [4.78, 5) is 0. The SMILES string of the molecule is CC/C=C(/c1ccc(C)c(C)c1)c1ccc(F)cc1C. The molecule has 2 aromatic carbocycles. The molecule has 0 nitrogen and oxygen atoms in total. The lowest BCUT2D eigenvalue weighted by Gasteiger charge is -2.13. The molecule has 1 heteroatoms. The van der Waals surface area contributed by atoms with Crippen LogP contribution in [0.25, 0.3) is 5.57 Å². The first-order chi connectivity index (χ1) is 9.52. The lowest BCUT2D eigenvalue weighted by atomic mass is 9.92. The van der Waals surface area contributed by atoms with E-state index >= 15 is 0 Å². The third kappa shape index (κ3) is 2.98. The molecule has 2 aromatic rings. The fourth-order valence-corrected chi connectivity index (χ4v) is 2.43. The van der Waals surface area contributed by atoms with Crippen LogP contribution in [0.1, 0.15) is 41.2 Å². The second kappa shape index (κ2) is 6.04. The summed E-state index contributed by atoms with van der Waals surface area (Å²) in [6.07, 6.45) is 3.17. The molecular formula is C19H21F. The Morgan fingerprint density at radius 1 is 0.950 bits per heavy atom. The molecular weight excluding hydrogens is 247 g/mol. The fraction of sp³-hybridized carbons (Fsp3) is 0.263. The van der Waals surface area contributed by atoms with Gasteiger partial charge in [0.1, 0.15) is 5.82 Å². The molecule has 0 radical (unpaired) electrons. The zero-order valence-electron chi connectivity index (χ0n) is 12.6. The summed E-state index contributed by atoms with van der Waals surface area (Å²) in [6.45, 7) is 8.33. The van der Waals surface area contributed by atoms with E-state index in [1.807, 2.05) is 13.0 Å². The Hall–Kier alpha value is -1.89. The van der Waals surface area contributed by atoms with Gasteiger partial charge in [-0.3, -0.25) is 0 Å². The number of allylic oxidation sites excluding steroid dienone is 1. The van der Waals surface area contributed by atoms with E-state index in [0.717, 1.165) is 17.5 Å². The summed E-state index contributed by atoms with van der Waals surface area (Å²) in [5.74, 6) is -0.179. The number of rotatable bonds is 3. The van der Waals surface area contributed by atoms with Crippen LogP contribution in [0.3, 0.4) is 0 Å². The van der Waals surface area contributed by atoms with Crippen molar-refractivity contribution in [3.05, 3.63) is 76.1 Å². The third-order valence-electron chi connectivity index (χ3n) is 3.70. The lowest BCUT2D eigenvalue weighted by Crippen LogP contribution is -1.94. The van der Waals surface area contributed by atoms with E-state index in [-0.39, 0.29) is 5.82 Å². The molecule has 104 valence electrons. The summed E-state index contributed by atoms with van der Waals surface area (Å²) in [5, 5.41) is 0. The molecule has 0 fully saturated rings. The largest absolute Gasteiger partial charge is 0.207 e. The molecule has 0 atom stereocenters. The van der Waals surface area contributed by atoms with Crippen molar-refractivity contribution in [2.45, 2.75) is 34.1 Å². The Labute approximate surface area is 121 Å². The maximum atomic E-state index is 13.3. The van der Waals surface area contributed by atoms with E-state index in [0.29, 0.717) is 0 Å². The maximum absolute atomic E-state index is 13.3. The van der Waals surface area contributed by atoms with E-state index in [1.54, 1.807) is 6.07 Å². The lowest BCUT2D eigenvalue weighted by molar-refractivity contribution is 0.626. The van der Waals surface area contributed by atoms with Gasteiger partial charge in [-0.1, -0.05) is 37.3 Å². The second-order valence-corrected chi connectivity index (χ2v) is 5.28. The highest BCUT2D eigenvalue weighted by Gasteiger charge is 2.09. The molecule has 0 aliphatic carbocycles. The van der Waals surface area contributed by atoms with Crippen LogP contribution in [0.5, 0.6) is 0 Å². The van der Waals surface area contributed by atoms with Crippen molar-refractivity contribution in [2.24, 2.45) is 0 Å². The van der Waals surface area contributed by atoms with Crippen molar-refractivity contribution in [3.8, 4) is 0 Å². The van der Waals surface area contributed by atoms with Crippen molar-refractivity contribution in [3.63, 3.8) is 0 Å². The molecule has 20 heavy (non-hydrogen) atoms. The zero-order chi connectivity index (χ0) is 14.7. The average molecular weight is 268 g/mol. The first-order valence-corrected chi connectivity index (χ1v) is 7.07. The van der Waals surface area contributed by atoms with Crippen LogP contribution >= 0.6 is 0 Å². The first-order valence-electron chi connectivity index (χ1n) is 7.07. The molecule has 0 N–H and O–H groups in total. The molecule has 0 amide bonds. The van der Waals surface area contributed by atoms with Crippen LogP contribution in [0.15, 0.2) is 42.5 Å². The van der Waals surface area contributed by atoms with Gasteiger partial charge >= 0.3 is 0 Å².